The molecule has 0 spiro atoms. The summed E-state index contributed by atoms with van der Waals surface area (Å²) in [6.07, 6.45) is 3.12. The van der Waals surface area contributed by atoms with Crippen LogP contribution in [0.5, 0.6) is 11.5 Å². The van der Waals surface area contributed by atoms with Crippen LogP contribution in [0, 0.1) is 0 Å². The first-order valence-electron chi connectivity index (χ1n) is 7.54. The van der Waals surface area contributed by atoms with E-state index in [9.17, 15) is 0 Å². The first-order chi connectivity index (χ1) is 9.74. The van der Waals surface area contributed by atoms with Crippen molar-refractivity contribution in [2.24, 2.45) is 0 Å². The van der Waals surface area contributed by atoms with Crippen molar-refractivity contribution in [1.82, 2.24) is 5.32 Å². The van der Waals surface area contributed by atoms with Crippen molar-refractivity contribution in [2.75, 3.05) is 19.8 Å². The van der Waals surface area contributed by atoms with Crippen LogP contribution in [-0.2, 0) is 0 Å². The van der Waals surface area contributed by atoms with Gasteiger partial charge >= 0.3 is 0 Å². The van der Waals surface area contributed by atoms with Gasteiger partial charge in [-0.1, -0.05) is 32.1 Å². The van der Waals surface area contributed by atoms with Crippen LogP contribution in [0.15, 0.2) is 30.4 Å². The highest BCUT2D eigenvalue weighted by atomic mass is 16.6. The molecule has 0 saturated heterocycles. The third kappa shape index (κ3) is 3.76. The van der Waals surface area contributed by atoms with Crippen LogP contribution in [-0.4, -0.2) is 19.8 Å². The standard InChI is InChI=1S/C17H25NO2/c1-4-8-18-15(11-13(3)5-2)14-6-7-16-17(12-14)20-10-9-19-16/h6-7,12,15,18H,3-5,8-11H2,1-2H3. The Morgan fingerprint density at radius 1 is 1.25 bits per heavy atom. The lowest BCUT2D eigenvalue weighted by atomic mass is 9.97. The summed E-state index contributed by atoms with van der Waals surface area (Å²) in [7, 11) is 0. The first-order valence-corrected chi connectivity index (χ1v) is 7.54. The van der Waals surface area contributed by atoms with E-state index in [1.807, 2.05) is 6.07 Å². The topological polar surface area (TPSA) is 30.5 Å². The third-order valence-electron chi connectivity index (χ3n) is 3.60. The molecule has 3 heteroatoms. The quantitative estimate of drug-likeness (QED) is 0.767. The van der Waals surface area contributed by atoms with Gasteiger partial charge in [0.15, 0.2) is 11.5 Å². The maximum atomic E-state index is 5.67. The lowest BCUT2D eigenvalue weighted by Gasteiger charge is -2.23. The molecule has 0 radical (unpaired) electrons. The van der Waals surface area contributed by atoms with Crippen molar-refractivity contribution in [3.05, 3.63) is 35.9 Å². The van der Waals surface area contributed by atoms with Crippen LogP contribution in [0.1, 0.15) is 44.7 Å². The molecule has 2 rings (SSSR count). The van der Waals surface area contributed by atoms with Crippen LogP contribution in [0.25, 0.3) is 0 Å². The number of nitrogens with one attached hydrogen (secondary N) is 1. The summed E-state index contributed by atoms with van der Waals surface area (Å²) in [6.45, 7) is 10.8. The van der Waals surface area contributed by atoms with Gasteiger partial charge in [0.05, 0.1) is 0 Å². The number of ether oxygens (including phenoxy) is 2. The zero-order chi connectivity index (χ0) is 14.4. The third-order valence-corrected chi connectivity index (χ3v) is 3.60. The molecule has 1 aromatic rings. The molecule has 1 aromatic carbocycles. The molecule has 0 amide bonds. The minimum Gasteiger partial charge on any atom is -0.486 e. The van der Waals surface area contributed by atoms with Gasteiger partial charge in [0.25, 0.3) is 0 Å². The van der Waals surface area contributed by atoms with E-state index in [1.165, 1.54) is 11.1 Å². The fourth-order valence-corrected chi connectivity index (χ4v) is 2.34. The molecule has 1 unspecified atom stereocenters. The molecule has 20 heavy (non-hydrogen) atoms. The second kappa shape index (κ2) is 7.34. The van der Waals surface area contributed by atoms with E-state index in [2.05, 4.69) is 37.9 Å². The number of fused-ring (bicyclic) bond motifs is 1. The minimum absolute atomic E-state index is 0.304. The van der Waals surface area contributed by atoms with E-state index in [1.54, 1.807) is 0 Å². The van der Waals surface area contributed by atoms with Crippen LogP contribution in [0.4, 0.5) is 0 Å². The average molecular weight is 275 g/mol. The summed E-state index contributed by atoms with van der Waals surface area (Å²) in [5.41, 5.74) is 2.52. The van der Waals surface area contributed by atoms with Gasteiger partial charge in [-0.05, 0) is 43.5 Å². The van der Waals surface area contributed by atoms with E-state index in [-0.39, 0.29) is 0 Å². The highest BCUT2D eigenvalue weighted by Gasteiger charge is 2.17. The maximum absolute atomic E-state index is 5.67. The molecule has 3 nitrogen and oxygen atoms in total. The van der Waals surface area contributed by atoms with Gasteiger partial charge in [0.1, 0.15) is 13.2 Å². The Morgan fingerprint density at radius 2 is 2.00 bits per heavy atom. The van der Waals surface area contributed by atoms with Crippen LogP contribution >= 0.6 is 0 Å². The Kier molecular flexibility index (Phi) is 5.48. The maximum Gasteiger partial charge on any atom is 0.161 e. The van der Waals surface area contributed by atoms with E-state index in [0.717, 1.165) is 37.3 Å². The fourth-order valence-electron chi connectivity index (χ4n) is 2.34. The summed E-state index contributed by atoms with van der Waals surface area (Å²) in [5, 5.41) is 3.60. The molecule has 1 aliphatic rings. The number of rotatable bonds is 7. The normalized spacial score (nSPS) is 14.9. The predicted octanol–water partition coefficient (Wildman–Crippen LogP) is 3.85. The highest BCUT2D eigenvalue weighted by molar-refractivity contribution is 5.44. The molecule has 1 aliphatic heterocycles. The van der Waals surface area contributed by atoms with Gasteiger partial charge < -0.3 is 14.8 Å². The number of benzene rings is 1. The Balaban J connectivity index is 2.16. The fraction of sp³-hybridized carbons (Fsp3) is 0.529. The molecule has 110 valence electrons. The van der Waals surface area contributed by atoms with E-state index >= 15 is 0 Å². The van der Waals surface area contributed by atoms with E-state index < -0.39 is 0 Å². The largest absolute Gasteiger partial charge is 0.486 e. The Bertz CT molecular complexity index is 456. The van der Waals surface area contributed by atoms with Gasteiger partial charge in [0.2, 0.25) is 0 Å². The monoisotopic (exact) mass is 275 g/mol. The Hall–Kier alpha value is -1.48. The Morgan fingerprint density at radius 3 is 2.70 bits per heavy atom. The van der Waals surface area contributed by atoms with Crippen LogP contribution < -0.4 is 14.8 Å². The van der Waals surface area contributed by atoms with Crippen molar-refractivity contribution in [3.8, 4) is 11.5 Å². The summed E-state index contributed by atoms with van der Waals surface area (Å²) in [6, 6.07) is 6.55. The smallest absolute Gasteiger partial charge is 0.161 e. The molecular weight excluding hydrogens is 250 g/mol. The lowest BCUT2D eigenvalue weighted by molar-refractivity contribution is 0.171. The SMILES string of the molecule is C=C(CC)CC(NCCC)c1ccc2c(c1)OCCO2. The van der Waals surface area contributed by atoms with Crippen LogP contribution in [0.3, 0.4) is 0 Å². The molecule has 0 aromatic heterocycles. The predicted molar refractivity (Wildman–Crippen MR) is 82.5 cm³/mol. The summed E-state index contributed by atoms with van der Waals surface area (Å²) < 4.78 is 11.3. The second-order valence-electron chi connectivity index (χ2n) is 5.22. The summed E-state index contributed by atoms with van der Waals surface area (Å²) in [4.78, 5) is 0. The highest BCUT2D eigenvalue weighted by Crippen LogP contribution is 2.34. The summed E-state index contributed by atoms with van der Waals surface area (Å²) in [5.74, 6) is 1.71. The molecular formula is C17H25NO2. The number of hydrogen-bond acceptors (Lipinski definition) is 3. The second-order valence-corrected chi connectivity index (χ2v) is 5.22. The Labute approximate surface area is 122 Å². The summed E-state index contributed by atoms with van der Waals surface area (Å²) >= 11 is 0. The molecule has 0 bridgehead atoms. The minimum atomic E-state index is 0.304. The molecule has 1 N–H and O–H groups in total. The van der Waals surface area contributed by atoms with Crippen LogP contribution in [0.2, 0.25) is 0 Å². The average Bonchev–Trinajstić information content (AvgIpc) is 2.50. The zero-order valence-corrected chi connectivity index (χ0v) is 12.6. The number of hydrogen-bond donors (Lipinski definition) is 1. The lowest BCUT2D eigenvalue weighted by Crippen LogP contribution is -2.23. The van der Waals surface area contributed by atoms with Gasteiger partial charge in [-0.25, -0.2) is 0 Å². The van der Waals surface area contributed by atoms with Crippen molar-refractivity contribution >= 4 is 0 Å². The molecule has 0 fully saturated rings. The van der Waals surface area contributed by atoms with Gasteiger partial charge in [-0.2, -0.15) is 0 Å². The molecule has 0 saturated carbocycles. The molecule has 1 heterocycles. The van der Waals surface area contributed by atoms with Crippen molar-refractivity contribution < 1.29 is 9.47 Å². The first kappa shape index (κ1) is 14.9. The van der Waals surface area contributed by atoms with Crippen molar-refractivity contribution in [3.63, 3.8) is 0 Å². The van der Waals surface area contributed by atoms with E-state index in [4.69, 9.17) is 9.47 Å². The van der Waals surface area contributed by atoms with Gasteiger partial charge in [0, 0.05) is 6.04 Å². The zero-order valence-electron chi connectivity index (χ0n) is 12.6. The van der Waals surface area contributed by atoms with Gasteiger partial charge in [-0.15, -0.1) is 0 Å². The van der Waals surface area contributed by atoms with Crippen molar-refractivity contribution in [1.29, 1.82) is 0 Å². The van der Waals surface area contributed by atoms with Crippen molar-refractivity contribution in [2.45, 2.75) is 39.2 Å². The molecule has 0 aliphatic carbocycles. The van der Waals surface area contributed by atoms with Gasteiger partial charge in [-0.3, -0.25) is 0 Å². The van der Waals surface area contributed by atoms with E-state index in [0.29, 0.717) is 19.3 Å². The molecule has 1 atom stereocenters.